The molecule has 2 atom stereocenters. The number of benzene rings is 2. The number of aliphatic hydroxyl groups is 1. The molecular weight excluding hydrogens is 656 g/mol. The van der Waals surface area contributed by atoms with Crippen LogP contribution in [0.1, 0.15) is 70.5 Å². The Morgan fingerprint density at radius 2 is 1.77 bits per heavy atom. The van der Waals surface area contributed by atoms with Crippen molar-refractivity contribution in [1.29, 1.82) is 0 Å². The summed E-state index contributed by atoms with van der Waals surface area (Å²) in [4.78, 5) is 48.3. The minimum atomic E-state index is -0.431. The molecule has 2 aromatic heterocycles. The van der Waals surface area contributed by atoms with Gasteiger partial charge in [0.25, 0.3) is 11.5 Å². The summed E-state index contributed by atoms with van der Waals surface area (Å²) < 4.78 is 7.52. The van der Waals surface area contributed by atoms with Crippen LogP contribution < -0.4 is 20.9 Å². The van der Waals surface area contributed by atoms with Crippen molar-refractivity contribution in [3.63, 3.8) is 0 Å². The second kappa shape index (κ2) is 14.2. The van der Waals surface area contributed by atoms with Crippen LogP contribution in [0.4, 0.5) is 10.5 Å². The highest BCUT2D eigenvalue weighted by Crippen LogP contribution is 2.46. The van der Waals surface area contributed by atoms with Gasteiger partial charge >= 0.3 is 6.03 Å². The topological polar surface area (TPSA) is 129 Å². The Kier molecular flexibility index (Phi) is 9.67. The average Bonchev–Trinajstić information content (AvgIpc) is 3.75. The first kappa shape index (κ1) is 35.4. The Bertz CT molecular complexity index is 2110. The highest BCUT2D eigenvalue weighted by atomic mass is 16.5. The predicted molar refractivity (Wildman–Crippen MR) is 202 cm³/mol. The fourth-order valence-corrected chi connectivity index (χ4v) is 8.53. The molecule has 52 heavy (non-hydrogen) atoms. The lowest BCUT2D eigenvalue weighted by molar-refractivity contribution is 0.102. The maximum Gasteiger partial charge on any atom is 0.317 e. The number of pyridine rings is 2. The Morgan fingerprint density at radius 3 is 2.50 bits per heavy atom. The molecule has 2 fully saturated rings. The van der Waals surface area contributed by atoms with E-state index in [9.17, 15) is 19.5 Å². The molecule has 7 rings (SSSR count). The number of nitrogens with one attached hydrogen (secondary N) is 2. The van der Waals surface area contributed by atoms with Crippen molar-refractivity contribution in [2.75, 3.05) is 45.2 Å². The molecule has 11 heteroatoms. The molecule has 0 radical (unpaired) electrons. The zero-order chi connectivity index (χ0) is 36.7. The van der Waals surface area contributed by atoms with Crippen molar-refractivity contribution in [3.05, 3.63) is 98.5 Å². The average molecular weight is 705 g/mol. The number of hydrogen-bond donors (Lipinski definition) is 3. The molecule has 1 aliphatic carbocycles. The van der Waals surface area contributed by atoms with Crippen molar-refractivity contribution >= 4 is 17.6 Å². The number of aliphatic hydroxyl groups excluding tert-OH is 1. The highest BCUT2D eigenvalue weighted by Gasteiger charge is 2.46. The number of rotatable bonds is 9. The van der Waals surface area contributed by atoms with Crippen LogP contribution in [0.5, 0.6) is 5.88 Å². The van der Waals surface area contributed by atoms with E-state index in [-0.39, 0.29) is 35.3 Å². The van der Waals surface area contributed by atoms with Crippen molar-refractivity contribution in [2.45, 2.75) is 64.5 Å². The number of carbonyl (C=O) groups is 2. The standard InChI is InChI=1S/C41H48N6O5/c1-6-28-14-15-32(39(50)45(28)4)37(49)42-33-12-8-10-30(26(33)3)29-9-7-11-31(25(29)2)34-23-27-13-16-35(36(27)38(43-34)52-5)47-20-18-41(24-47)17-19-46(21-22-48)40(51)44-41/h7-12,14-15,23,35,48H,6,13,16-22,24H2,1-5H3,(H,42,49)(H,44,51)/t35?,41-/m1/s1. The molecule has 272 valence electrons. The van der Waals surface area contributed by atoms with Gasteiger partial charge in [0.05, 0.1) is 24.9 Å². The van der Waals surface area contributed by atoms with E-state index in [0.717, 1.165) is 83.5 Å². The number of likely N-dealkylation sites (tertiary alicyclic amines) is 1. The van der Waals surface area contributed by atoms with Gasteiger partial charge < -0.3 is 29.9 Å². The number of nitrogens with zero attached hydrogens (tertiary/aromatic N) is 4. The number of anilines is 1. The van der Waals surface area contributed by atoms with Crippen LogP contribution in [-0.4, -0.2) is 81.8 Å². The third kappa shape index (κ3) is 6.26. The molecule has 4 aromatic rings. The van der Waals surface area contributed by atoms with E-state index in [1.165, 1.54) is 10.1 Å². The lowest BCUT2D eigenvalue weighted by Crippen LogP contribution is -2.61. The predicted octanol–water partition coefficient (Wildman–Crippen LogP) is 5.39. The summed E-state index contributed by atoms with van der Waals surface area (Å²) in [5.74, 6) is 0.209. The number of methoxy groups -OCH3 is 1. The molecule has 0 bridgehead atoms. The quantitative estimate of drug-likeness (QED) is 0.213. The first-order chi connectivity index (χ1) is 25.1. The van der Waals surface area contributed by atoms with Gasteiger partial charge in [-0.05, 0) is 98.0 Å². The molecule has 2 aromatic carbocycles. The summed E-state index contributed by atoms with van der Waals surface area (Å²) in [7, 11) is 3.38. The summed E-state index contributed by atoms with van der Waals surface area (Å²) in [6.45, 7) is 8.71. The van der Waals surface area contributed by atoms with Gasteiger partial charge in [0.2, 0.25) is 5.88 Å². The minimum absolute atomic E-state index is 0.0320. The Labute approximate surface area is 304 Å². The minimum Gasteiger partial charge on any atom is -0.481 e. The number of urea groups is 1. The molecule has 4 heterocycles. The number of aromatic nitrogens is 2. The second-order valence-electron chi connectivity index (χ2n) is 14.4. The van der Waals surface area contributed by atoms with Crippen molar-refractivity contribution in [3.8, 4) is 28.3 Å². The summed E-state index contributed by atoms with van der Waals surface area (Å²) >= 11 is 0. The van der Waals surface area contributed by atoms with E-state index in [1.54, 1.807) is 25.1 Å². The summed E-state index contributed by atoms with van der Waals surface area (Å²) in [6, 6.07) is 17.8. The number of fused-ring (bicyclic) bond motifs is 1. The smallest absolute Gasteiger partial charge is 0.317 e. The van der Waals surface area contributed by atoms with Crippen LogP contribution in [0.25, 0.3) is 22.4 Å². The van der Waals surface area contributed by atoms with Gasteiger partial charge in [-0.25, -0.2) is 9.78 Å². The lowest BCUT2D eigenvalue weighted by Gasteiger charge is -2.40. The molecule has 1 unspecified atom stereocenters. The van der Waals surface area contributed by atoms with E-state index < -0.39 is 5.91 Å². The van der Waals surface area contributed by atoms with Gasteiger partial charge in [-0.3, -0.25) is 14.5 Å². The van der Waals surface area contributed by atoms with Gasteiger partial charge in [-0.1, -0.05) is 37.3 Å². The van der Waals surface area contributed by atoms with Crippen LogP contribution in [0, 0.1) is 13.8 Å². The van der Waals surface area contributed by atoms with Crippen LogP contribution in [0.15, 0.2) is 59.4 Å². The number of carbonyl (C=O) groups excluding carboxylic acids is 2. The molecule has 2 saturated heterocycles. The SMILES string of the molecule is CCc1ccc(C(=O)Nc2cccc(-c3cccc(-c4cc5c(c(OC)n4)C(N4CC[C@]6(CCN(CCO)C(=O)N6)C4)CC5)c3C)c2C)c(=O)n1C. The van der Waals surface area contributed by atoms with Crippen molar-refractivity contribution in [1.82, 2.24) is 24.7 Å². The fourth-order valence-electron chi connectivity index (χ4n) is 8.53. The Hall–Kier alpha value is -5.00. The van der Waals surface area contributed by atoms with Crippen LogP contribution in [-0.2, 0) is 19.9 Å². The largest absolute Gasteiger partial charge is 0.481 e. The van der Waals surface area contributed by atoms with E-state index in [1.807, 2.05) is 38.1 Å². The molecule has 11 nitrogen and oxygen atoms in total. The van der Waals surface area contributed by atoms with Gasteiger partial charge in [0.15, 0.2) is 0 Å². The number of β-amino-alcohol motifs (C(OH)–C–C–N with tert-alkyl or cyclic N) is 1. The maximum absolute atomic E-state index is 13.3. The third-order valence-corrected chi connectivity index (χ3v) is 11.5. The van der Waals surface area contributed by atoms with Crippen molar-refractivity contribution < 1.29 is 19.4 Å². The first-order valence-electron chi connectivity index (χ1n) is 18.3. The summed E-state index contributed by atoms with van der Waals surface area (Å²) in [5.41, 5.74) is 9.27. The fraction of sp³-hybridized carbons (Fsp3) is 0.415. The van der Waals surface area contributed by atoms with E-state index in [0.29, 0.717) is 31.1 Å². The zero-order valence-electron chi connectivity index (χ0n) is 30.7. The van der Waals surface area contributed by atoms with Crippen molar-refractivity contribution in [2.24, 2.45) is 7.05 Å². The second-order valence-corrected chi connectivity index (χ2v) is 14.4. The monoisotopic (exact) mass is 704 g/mol. The molecule has 0 saturated carbocycles. The molecule has 3 amide bonds. The maximum atomic E-state index is 13.3. The van der Waals surface area contributed by atoms with Gasteiger partial charge in [-0.15, -0.1) is 0 Å². The van der Waals surface area contributed by atoms with E-state index in [4.69, 9.17) is 9.72 Å². The van der Waals surface area contributed by atoms with E-state index in [2.05, 4.69) is 46.7 Å². The number of aryl methyl sites for hydroxylation is 2. The Morgan fingerprint density at radius 1 is 1.04 bits per heavy atom. The normalized spacial score (nSPS) is 19.9. The van der Waals surface area contributed by atoms with Gasteiger partial charge in [-0.2, -0.15) is 0 Å². The van der Waals surface area contributed by atoms with Crippen LogP contribution >= 0.6 is 0 Å². The molecule has 2 aliphatic heterocycles. The number of ether oxygens (including phenoxy) is 1. The zero-order valence-corrected chi connectivity index (χ0v) is 30.7. The summed E-state index contributed by atoms with van der Waals surface area (Å²) in [5, 5.41) is 15.6. The Balaban J connectivity index is 1.14. The van der Waals surface area contributed by atoms with Gasteiger partial charge in [0, 0.05) is 61.8 Å². The number of hydrogen-bond acceptors (Lipinski definition) is 7. The molecule has 1 spiro atoms. The molecule has 3 aliphatic rings. The molecule has 3 N–H and O–H groups in total. The summed E-state index contributed by atoms with van der Waals surface area (Å²) in [6.07, 6.45) is 4.33. The van der Waals surface area contributed by atoms with Crippen LogP contribution in [0.2, 0.25) is 0 Å². The van der Waals surface area contributed by atoms with Gasteiger partial charge in [0.1, 0.15) is 5.56 Å². The van der Waals surface area contributed by atoms with Crippen LogP contribution in [0.3, 0.4) is 0 Å². The number of amides is 3. The lowest BCUT2D eigenvalue weighted by atomic mass is 9.91. The highest BCUT2D eigenvalue weighted by molar-refractivity contribution is 6.05. The van der Waals surface area contributed by atoms with E-state index >= 15 is 0 Å². The third-order valence-electron chi connectivity index (χ3n) is 11.5. The molecular formula is C41H48N6O5. The first-order valence-corrected chi connectivity index (χ1v) is 18.3.